The molecule has 1 fully saturated rings. The molecule has 31 heavy (non-hydrogen) atoms. The van der Waals surface area contributed by atoms with E-state index in [9.17, 15) is 14.4 Å². The van der Waals surface area contributed by atoms with Crippen LogP contribution in [0, 0.1) is 0 Å². The molecule has 0 unspecified atom stereocenters. The van der Waals surface area contributed by atoms with E-state index < -0.39 is 0 Å². The van der Waals surface area contributed by atoms with Gasteiger partial charge in [0.05, 0.1) is 0 Å². The summed E-state index contributed by atoms with van der Waals surface area (Å²) in [6.07, 6.45) is 3.53. The zero-order chi connectivity index (χ0) is 21.8. The largest absolute Gasteiger partial charge is 0.361 e. The van der Waals surface area contributed by atoms with Crippen molar-refractivity contribution in [2.75, 3.05) is 26.2 Å². The number of para-hydroxylation sites is 1. The molecule has 1 aromatic heterocycles. The van der Waals surface area contributed by atoms with Crippen LogP contribution < -0.4 is 5.32 Å². The summed E-state index contributed by atoms with van der Waals surface area (Å²) >= 11 is 0. The Bertz CT molecular complexity index is 1140. The van der Waals surface area contributed by atoms with Gasteiger partial charge in [-0.1, -0.05) is 36.4 Å². The van der Waals surface area contributed by atoms with E-state index in [0.29, 0.717) is 31.7 Å². The Hall–Kier alpha value is -3.87. The van der Waals surface area contributed by atoms with Crippen LogP contribution in [0.3, 0.4) is 0 Å². The molecule has 0 saturated carbocycles. The van der Waals surface area contributed by atoms with Gasteiger partial charge in [-0.2, -0.15) is 0 Å². The highest BCUT2D eigenvalue weighted by molar-refractivity contribution is 6.06. The summed E-state index contributed by atoms with van der Waals surface area (Å²) in [4.78, 5) is 44.3. The highest BCUT2D eigenvalue weighted by Crippen LogP contribution is 2.21. The minimum atomic E-state index is -0.345. The lowest BCUT2D eigenvalue weighted by atomic mass is 10.1. The summed E-state index contributed by atoms with van der Waals surface area (Å²) in [6, 6.07) is 16.6. The second-order valence-corrected chi connectivity index (χ2v) is 7.47. The number of nitrogens with zero attached hydrogens (tertiary/aromatic N) is 2. The molecule has 2 heterocycles. The molecule has 7 nitrogen and oxygen atoms in total. The third-order valence-corrected chi connectivity index (χ3v) is 5.45. The lowest BCUT2D eigenvalue weighted by Crippen LogP contribution is -2.51. The number of fused-ring (bicyclic) bond motifs is 1. The third kappa shape index (κ3) is 4.50. The normalized spacial score (nSPS) is 14.5. The second kappa shape index (κ2) is 8.87. The molecule has 0 bridgehead atoms. The Balaban J connectivity index is 1.63. The van der Waals surface area contributed by atoms with Gasteiger partial charge in [-0.15, -0.1) is 0 Å². The van der Waals surface area contributed by atoms with Gasteiger partial charge in [0.2, 0.25) is 5.91 Å². The summed E-state index contributed by atoms with van der Waals surface area (Å²) in [5.41, 5.74) is 2.44. The maximum absolute atomic E-state index is 13.3. The Morgan fingerprint density at radius 1 is 0.903 bits per heavy atom. The van der Waals surface area contributed by atoms with Crippen molar-refractivity contribution in [3.8, 4) is 0 Å². The van der Waals surface area contributed by atoms with Crippen molar-refractivity contribution in [1.82, 2.24) is 20.1 Å². The minimum Gasteiger partial charge on any atom is -0.361 e. The summed E-state index contributed by atoms with van der Waals surface area (Å²) in [5, 5.41) is 3.77. The zero-order valence-corrected chi connectivity index (χ0v) is 17.3. The van der Waals surface area contributed by atoms with Crippen molar-refractivity contribution in [2.45, 2.75) is 6.92 Å². The van der Waals surface area contributed by atoms with E-state index in [2.05, 4.69) is 10.3 Å². The van der Waals surface area contributed by atoms with Crippen molar-refractivity contribution >= 4 is 34.7 Å². The molecule has 0 aliphatic carbocycles. The Morgan fingerprint density at radius 2 is 1.55 bits per heavy atom. The van der Waals surface area contributed by atoms with Gasteiger partial charge in [-0.3, -0.25) is 14.4 Å². The molecule has 0 radical (unpaired) electrons. The van der Waals surface area contributed by atoms with Crippen LogP contribution in [0.5, 0.6) is 0 Å². The van der Waals surface area contributed by atoms with Crippen LogP contribution in [0.15, 0.2) is 66.5 Å². The van der Waals surface area contributed by atoms with Crippen LogP contribution in [0.2, 0.25) is 0 Å². The number of piperazine rings is 1. The fraction of sp³-hybridized carbons (Fsp3) is 0.208. The van der Waals surface area contributed by atoms with Gasteiger partial charge in [0, 0.05) is 61.3 Å². The van der Waals surface area contributed by atoms with E-state index >= 15 is 0 Å². The quantitative estimate of drug-likeness (QED) is 0.641. The number of carbonyl (C=O) groups excluding carboxylic acids is 3. The van der Waals surface area contributed by atoms with Crippen molar-refractivity contribution in [1.29, 1.82) is 0 Å². The van der Waals surface area contributed by atoms with Crippen molar-refractivity contribution in [2.24, 2.45) is 0 Å². The molecule has 0 atom stereocenters. The van der Waals surface area contributed by atoms with Crippen LogP contribution in [0.25, 0.3) is 17.0 Å². The van der Waals surface area contributed by atoms with E-state index in [-0.39, 0.29) is 23.4 Å². The SMILES string of the molecule is CC(=O)N1CCN(C(=O)C(=Cc2c[nH]c3ccccc23)NC(=O)c2ccccc2)CC1. The number of aromatic nitrogens is 1. The molecular weight excluding hydrogens is 392 g/mol. The first kappa shape index (κ1) is 20.4. The summed E-state index contributed by atoms with van der Waals surface area (Å²) in [5.74, 6) is -0.612. The van der Waals surface area contributed by atoms with Gasteiger partial charge in [-0.05, 0) is 24.3 Å². The van der Waals surface area contributed by atoms with Crippen LogP contribution in [-0.4, -0.2) is 58.7 Å². The molecule has 2 N–H and O–H groups in total. The molecule has 4 rings (SSSR count). The van der Waals surface area contributed by atoms with E-state index in [1.807, 2.05) is 36.5 Å². The minimum absolute atomic E-state index is 0.000891. The molecule has 1 aliphatic heterocycles. The van der Waals surface area contributed by atoms with E-state index in [1.165, 1.54) is 6.92 Å². The molecule has 2 aromatic carbocycles. The lowest BCUT2D eigenvalue weighted by Gasteiger charge is -2.34. The number of H-pyrrole nitrogens is 1. The predicted octanol–water partition coefficient (Wildman–Crippen LogP) is 2.63. The monoisotopic (exact) mass is 416 g/mol. The molecule has 0 spiro atoms. The summed E-state index contributed by atoms with van der Waals surface area (Å²) < 4.78 is 0. The van der Waals surface area contributed by atoms with Crippen LogP contribution in [0.4, 0.5) is 0 Å². The maximum atomic E-state index is 13.3. The molecule has 1 aliphatic rings. The van der Waals surface area contributed by atoms with Crippen molar-refractivity contribution in [3.05, 3.63) is 77.6 Å². The number of nitrogens with one attached hydrogen (secondary N) is 2. The zero-order valence-electron chi connectivity index (χ0n) is 17.3. The van der Waals surface area contributed by atoms with Gasteiger partial charge in [0.25, 0.3) is 11.8 Å². The smallest absolute Gasteiger partial charge is 0.270 e. The number of carbonyl (C=O) groups is 3. The molecular formula is C24H24N4O3. The number of hydrogen-bond donors (Lipinski definition) is 2. The van der Waals surface area contributed by atoms with Gasteiger partial charge >= 0.3 is 0 Å². The topological polar surface area (TPSA) is 85.5 Å². The van der Waals surface area contributed by atoms with Crippen LogP contribution >= 0.6 is 0 Å². The summed E-state index contributed by atoms with van der Waals surface area (Å²) in [7, 11) is 0. The number of hydrogen-bond acceptors (Lipinski definition) is 3. The number of aromatic amines is 1. The van der Waals surface area contributed by atoms with Crippen LogP contribution in [0.1, 0.15) is 22.8 Å². The third-order valence-electron chi connectivity index (χ3n) is 5.45. The standard InChI is InChI=1S/C24H24N4O3/c1-17(29)27-11-13-28(14-12-27)24(31)22(26-23(30)18-7-3-2-4-8-18)15-19-16-25-21-10-6-5-9-20(19)21/h2-10,15-16,25H,11-14H2,1H3,(H,26,30). The number of amides is 3. The number of benzene rings is 2. The van der Waals surface area contributed by atoms with Crippen LogP contribution in [-0.2, 0) is 9.59 Å². The Labute approximate surface area is 180 Å². The van der Waals surface area contributed by atoms with Gasteiger partial charge in [0.15, 0.2) is 0 Å². The van der Waals surface area contributed by atoms with E-state index in [4.69, 9.17) is 0 Å². The first-order valence-electron chi connectivity index (χ1n) is 10.2. The van der Waals surface area contributed by atoms with Gasteiger partial charge in [-0.25, -0.2) is 0 Å². The van der Waals surface area contributed by atoms with Crippen molar-refractivity contribution in [3.63, 3.8) is 0 Å². The van der Waals surface area contributed by atoms with Gasteiger partial charge < -0.3 is 20.1 Å². The first-order chi connectivity index (χ1) is 15.0. The first-order valence-corrected chi connectivity index (χ1v) is 10.2. The molecule has 3 aromatic rings. The highest BCUT2D eigenvalue weighted by atomic mass is 16.2. The Kier molecular flexibility index (Phi) is 5.84. The maximum Gasteiger partial charge on any atom is 0.270 e. The average Bonchev–Trinajstić information content (AvgIpc) is 3.21. The second-order valence-electron chi connectivity index (χ2n) is 7.47. The van der Waals surface area contributed by atoms with E-state index in [1.54, 1.807) is 40.1 Å². The van der Waals surface area contributed by atoms with E-state index in [0.717, 1.165) is 16.5 Å². The predicted molar refractivity (Wildman–Crippen MR) is 119 cm³/mol. The fourth-order valence-corrected chi connectivity index (χ4v) is 3.70. The average molecular weight is 416 g/mol. The molecule has 7 heteroatoms. The van der Waals surface area contributed by atoms with Crippen molar-refractivity contribution < 1.29 is 14.4 Å². The Morgan fingerprint density at radius 3 is 2.26 bits per heavy atom. The molecule has 3 amide bonds. The van der Waals surface area contributed by atoms with Gasteiger partial charge in [0.1, 0.15) is 5.70 Å². The fourth-order valence-electron chi connectivity index (χ4n) is 3.70. The molecule has 1 saturated heterocycles. The summed E-state index contributed by atoms with van der Waals surface area (Å²) in [6.45, 7) is 3.33. The highest BCUT2D eigenvalue weighted by Gasteiger charge is 2.26. The lowest BCUT2D eigenvalue weighted by molar-refractivity contribution is -0.136. The number of rotatable bonds is 4. The molecule has 158 valence electrons.